The molecule has 30 heavy (non-hydrogen) atoms. The molecule has 0 N–H and O–H groups in total. The van der Waals surface area contributed by atoms with Gasteiger partial charge in [0.1, 0.15) is 0 Å². The van der Waals surface area contributed by atoms with Gasteiger partial charge in [-0.2, -0.15) is 4.31 Å². The Kier molecular flexibility index (Phi) is 7.02. The van der Waals surface area contributed by atoms with Gasteiger partial charge in [-0.25, -0.2) is 8.42 Å². The van der Waals surface area contributed by atoms with Crippen LogP contribution in [0.4, 0.5) is 5.69 Å². The molecular weight excluding hydrogens is 426 g/mol. The van der Waals surface area contributed by atoms with Gasteiger partial charge >= 0.3 is 0 Å². The molecule has 0 unspecified atom stereocenters. The van der Waals surface area contributed by atoms with Crippen molar-refractivity contribution in [2.45, 2.75) is 11.4 Å². The van der Waals surface area contributed by atoms with Crippen LogP contribution in [0.15, 0.2) is 47.4 Å². The summed E-state index contributed by atoms with van der Waals surface area (Å²) in [6.45, 7) is 1.67. The number of halogens is 1. The Labute approximate surface area is 182 Å². The summed E-state index contributed by atoms with van der Waals surface area (Å²) in [6.07, 6.45) is 0. The van der Waals surface area contributed by atoms with Crippen LogP contribution in [0.1, 0.15) is 15.9 Å². The minimum Gasteiger partial charge on any atom is -0.379 e. The Balaban J connectivity index is 1.80. The van der Waals surface area contributed by atoms with Crippen molar-refractivity contribution in [3.05, 3.63) is 58.6 Å². The Hall–Kier alpha value is -2.13. The Morgan fingerprint density at radius 2 is 1.70 bits per heavy atom. The van der Waals surface area contributed by atoms with E-state index in [4.69, 9.17) is 16.3 Å². The zero-order chi connectivity index (χ0) is 21.9. The van der Waals surface area contributed by atoms with E-state index in [0.29, 0.717) is 19.8 Å². The quantitative estimate of drug-likeness (QED) is 0.675. The van der Waals surface area contributed by atoms with Gasteiger partial charge in [0.15, 0.2) is 0 Å². The van der Waals surface area contributed by atoms with E-state index >= 15 is 0 Å². The normalized spacial score (nSPS) is 15.1. The summed E-state index contributed by atoms with van der Waals surface area (Å²) in [7, 11) is 1.88. The summed E-state index contributed by atoms with van der Waals surface area (Å²) >= 11 is 6.25. The molecule has 162 valence electrons. The highest BCUT2D eigenvalue weighted by Gasteiger charge is 2.28. The number of nitrogens with zero attached hydrogens (tertiary/aromatic N) is 3. The molecule has 1 amide bonds. The summed E-state index contributed by atoms with van der Waals surface area (Å²) in [4.78, 5) is 16.6. The van der Waals surface area contributed by atoms with Gasteiger partial charge in [-0.15, -0.1) is 0 Å². The number of carbonyl (C=O) groups excluding carboxylic acids is 1. The molecule has 3 rings (SSSR count). The summed E-state index contributed by atoms with van der Waals surface area (Å²) in [5, 5.41) is 0.218. The van der Waals surface area contributed by atoms with Crippen LogP contribution in [0, 0.1) is 0 Å². The number of morpholine rings is 1. The molecule has 1 fully saturated rings. The molecule has 0 radical (unpaired) electrons. The maximum Gasteiger partial charge on any atom is 0.255 e. The van der Waals surface area contributed by atoms with Crippen LogP contribution >= 0.6 is 11.6 Å². The van der Waals surface area contributed by atoms with Crippen LogP contribution < -0.4 is 4.90 Å². The number of benzene rings is 2. The largest absolute Gasteiger partial charge is 0.379 e. The van der Waals surface area contributed by atoms with E-state index in [-0.39, 0.29) is 34.5 Å². The van der Waals surface area contributed by atoms with Gasteiger partial charge in [0, 0.05) is 46.5 Å². The van der Waals surface area contributed by atoms with Gasteiger partial charge in [0.25, 0.3) is 5.91 Å². The van der Waals surface area contributed by atoms with Crippen molar-refractivity contribution in [1.82, 2.24) is 9.21 Å². The molecule has 7 nitrogen and oxygen atoms in total. The maximum atomic E-state index is 13.0. The number of anilines is 1. The average Bonchev–Trinajstić information content (AvgIpc) is 2.74. The van der Waals surface area contributed by atoms with Crippen molar-refractivity contribution in [1.29, 1.82) is 0 Å². The van der Waals surface area contributed by atoms with E-state index in [1.54, 1.807) is 7.05 Å². The number of carbonyl (C=O) groups is 1. The van der Waals surface area contributed by atoms with Crippen LogP contribution in [0.5, 0.6) is 0 Å². The standard InChI is InChI=1S/C21H26ClN3O4S/c1-23(2)17-6-4-16(5-7-17)15-24(3)21(26)19-14-18(8-9-20(19)22)30(27,28)25-10-12-29-13-11-25/h4-9,14H,10-13,15H2,1-3H3. The van der Waals surface area contributed by atoms with E-state index < -0.39 is 10.0 Å². The predicted octanol–water partition coefficient (Wildman–Crippen LogP) is 2.70. The monoisotopic (exact) mass is 451 g/mol. The molecule has 0 saturated carbocycles. The second-order valence-electron chi connectivity index (χ2n) is 7.38. The number of hydrogen-bond acceptors (Lipinski definition) is 5. The van der Waals surface area contributed by atoms with E-state index in [1.807, 2.05) is 43.3 Å². The fourth-order valence-corrected chi connectivity index (χ4v) is 4.85. The molecule has 9 heteroatoms. The zero-order valence-corrected chi connectivity index (χ0v) is 18.9. The summed E-state index contributed by atoms with van der Waals surface area (Å²) < 4.78 is 32.4. The number of rotatable bonds is 6. The highest BCUT2D eigenvalue weighted by atomic mass is 35.5. The van der Waals surface area contributed by atoms with Gasteiger partial charge in [-0.1, -0.05) is 23.7 Å². The van der Waals surface area contributed by atoms with Crippen molar-refractivity contribution < 1.29 is 17.9 Å². The molecule has 0 bridgehead atoms. The first-order chi connectivity index (χ1) is 14.2. The van der Waals surface area contributed by atoms with Gasteiger partial charge in [0.05, 0.1) is 28.7 Å². The number of hydrogen-bond donors (Lipinski definition) is 0. The minimum atomic E-state index is -3.71. The fraction of sp³-hybridized carbons (Fsp3) is 0.381. The molecule has 1 saturated heterocycles. The van der Waals surface area contributed by atoms with Gasteiger partial charge < -0.3 is 14.5 Å². The molecule has 1 aliphatic heterocycles. The van der Waals surface area contributed by atoms with Crippen molar-refractivity contribution in [2.75, 3.05) is 52.3 Å². The second kappa shape index (κ2) is 9.34. The van der Waals surface area contributed by atoms with Gasteiger partial charge in [-0.05, 0) is 35.9 Å². The van der Waals surface area contributed by atoms with Gasteiger partial charge in [0.2, 0.25) is 10.0 Å². The van der Waals surface area contributed by atoms with Crippen LogP contribution in [0.3, 0.4) is 0 Å². The highest BCUT2D eigenvalue weighted by Crippen LogP contribution is 2.25. The first kappa shape index (κ1) is 22.6. The lowest BCUT2D eigenvalue weighted by molar-refractivity contribution is 0.0730. The maximum absolute atomic E-state index is 13.0. The lowest BCUT2D eigenvalue weighted by atomic mass is 10.1. The minimum absolute atomic E-state index is 0.0564. The third-order valence-electron chi connectivity index (χ3n) is 5.00. The predicted molar refractivity (Wildman–Crippen MR) is 118 cm³/mol. The van der Waals surface area contributed by atoms with Crippen LogP contribution in [-0.4, -0.2) is 71.0 Å². The smallest absolute Gasteiger partial charge is 0.255 e. The lowest BCUT2D eigenvalue weighted by Crippen LogP contribution is -2.40. The van der Waals surface area contributed by atoms with E-state index in [9.17, 15) is 13.2 Å². The molecule has 1 aliphatic rings. The summed E-state index contributed by atoms with van der Waals surface area (Å²) in [5.74, 6) is -0.337. The number of sulfonamides is 1. The Bertz CT molecular complexity index is 1000. The third kappa shape index (κ3) is 4.95. The first-order valence-electron chi connectivity index (χ1n) is 9.59. The molecule has 0 aromatic heterocycles. The third-order valence-corrected chi connectivity index (χ3v) is 7.22. The summed E-state index contributed by atoms with van der Waals surface area (Å²) in [6, 6.07) is 12.1. The molecule has 0 atom stereocenters. The van der Waals surface area contributed by atoms with Crippen molar-refractivity contribution in [3.63, 3.8) is 0 Å². The molecular formula is C21H26ClN3O4S. The van der Waals surface area contributed by atoms with Crippen molar-refractivity contribution in [2.24, 2.45) is 0 Å². The highest BCUT2D eigenvalue weighted by molar-refractivity contribution is 7.89. The van der Waals surface area contributed by atoms with Crippen molar-refractivity contribution in [3.8, 4) is 0 Å². The van der Waals surface area contributed by atoms with Crippen LogP contribution in [0.2, 0.25) is 5.02 Å². The fourth-order valence-electron chi connectivity index (χ4n) is 3.22. The number of amides is 1. The number of ether oxygens (including phenoxy) is 1. The Morgan fingerprint density at radius 3 is 2.30 bits per heavy atom. The SMILES string of the molecule is CN(Cc1ccc(N(C)C)cc1)C(=O)c1cc(S(=O)(=O)N2CCOCC2)ccc1Cl. The molecule has 0 spiro atoms. The van der Waals surface area contributed by atoms with E-state index in [2.05, 4.69) is 0 Å². The Morgan fingerprint density at radius 1 is 1.07 bits per heavy atom. The lowest BCUT2D eigenvalue weighted by Gasteiger charge is -2.26. The molecule has 0 aliphatic carbocycles. The van der Waals surface area contributed by atoms with E-state index in [1.165, 1.54) is 27.4 Å². The van der Waals surface area contributed by atoms with Crippen molar-refractivity contribution >= 4 is 33.2 Å². The van der Waals surface area contributed by atoms with Gasteiger partial charge in [-0.3, -0.25) is 4.79 Å². The zero-order valence-electron chi connectivity index (χ0n) is 17.3. The molecule has 1 heterocycles. The van der Waals surface area contributed by atoms with Crippen LogP contribution in [-0.2, 0) is 21.3 Å². The molecule has 2 aromatic rings. The molecule has 2 aromatic carbocycles. The van der Waals surface area contributed by atoms with Crippen LogP contribution in [0.25, 0.3) is 0 Å². The van der Waals surface area contributed by atoms with E-state index in [0.717, 1.165) is 11.3 Å². The first-order valence-corrected chi connectivity index (χ1v) is 11.4. The topological polar surface area (TPSA) is 70.2 Å². The summed E-state index contributed by atoms with van der Waals surface area (Å²) in [5.41, 5.74) is 2.19. The second-order valence-corrected chi connectivity index (χ2v) is 9.73. The average molecular weight is 452 g/mol.